The molecule has 1 fully saturated rings. The number of aromatic nitrogens is 2. The van der Waals surface area contributed by atoms with Gasteiger partial charge in [0.25, 0.3) is 10.0 Å². The first-order valence-corrected chi connectivity index (χ1v) is 8.58. The number of imidazole rings is 1. The summed E-state index contributed by atoms with van der Waals surface area (Å²) in [6.07, 6.45) is 3.68. The molecule has 1 saturated heterocycles. The van der Waals surface area contributed by atoms with Gasteiger partial charge in [-0.05, 0) is 30.9 Å². The molecule has 1 aromatic rings. The second-order valence-corrected chi connectivity index (χ2v) is 7.29. The highest BCUT2D eigenvalue weighted by Gasteiger charge is 2.38. The molecule has 0 aromatic carbocycles. The Balaban J connectivity index is 2.35. The van der Waals surface area contributed by atoms with Crippen LogP contribution >= 0.6 is 11.6 Å². The zero-order valence-corrected chi connectivity index (χ0v) is 13.2. The van der Waals surface area contributed by atoms with E-state index in [1.54, 1.807) is 7.05 Å². The molecule has 2 unspecified atom stereocenters. The minimum absolute atomic E-state index is 0.0554. The van der Waals surface area contributed by atoms with E-state index in [0.29, 0.717) is 19.4 Å². The zero-order valence-electron chi connectivity index (χ0n) is 11.7. The molecule has 0 aliphatic carbocycles. The van der Waals surface area contributed by atoms with Crippen LogP contribution in [0.25, 0.3) is 0 Å². The maximum atomic E-state index is 12.7. The van der Waals surface area contributed by atoms with E-state index in [9.17, 15) is 13.5 Å². The average molecular weight is 322 g/mol. The molecule has 2 rings (SSSR count). The molecule has 2 heterocycles. The van der Waals surface area contributed by atoms with Gasteiger partial charge in [-0.15, -0.1) is 0 Å². The number of piperidine rings is 1. The van der Waals surface area contributed by atoms with Crippen molar-refractivity contribution < 1.29 is 13.5 Å². The molecule has 1 aromatic heterocycles. The van der Waals surface area contributed by atoms with Gasteiger partial charge in [0.2, 0.25) is 5.28 Å². The van der Waals surface area contributed by atoms with E-state index >= 15 is 0 Å². The second kappa shape index (κ2) is 6.01. The van der Waals surface area contributed by atoms with Crippen LogP contribution in [0.5, 0.6) is 0 Å². The first kappa shape index (κ1) is 15.8. The quantitative estimate of drug-likeness (QED) is 0.909. The first-order chi connectivity index (χ1) is 9.37. The van der Waals surface area contributed by atoms with Gasteiger partial charge in [0.1, 0.15) is 0 Å². The summed E-state index contributed by atoms with van der Waals surface area (Å²) >= 11 is 5.82. The van der Waals surface area contributed by atoms with E-state index in [1.807, 2.05) is 6.92 Å². The lowest BCUT2D eigenvalue weighted by Crippen LogP contribution is -2.49. The summed E-state index contributed by atoms with van der Waals surface area (Å²) in [5, 5.41) is 10.1. The molecule has 0 amide bonds. The van der Waals surface area contributed by atoms with Gasteiger partial charge in [-0.2, -0.15) is 4.31 Å². The smallest absolute Gasteiger partial charge is 0.262 e. The van der Waals surface area contributed by atoms with Crippen molar-refractivity contribution in [1.82, 2.24) is 13.9 Å². The number of hydrogen-bond acceptors (Lipinski definition) is 4. The molecule has 2 atom stereocenters. The lowest BCUT2D eigenvalue weighted by Gasteiger charge is -2.36. The van der Waals surface area contributed by atoms with Crippen LogP contribution in [-0.4, -0.2) is 46.1 Å². The molecule has 1 N–H and O–H groups in total. The van der Waals surface area contributed by atoms with Crippen LogP contribution in [0.4, 0.5) is 0 Å². The highest BCUT2D eigenvalue weighted by molar-refractivity contribution is 7.89. The van der Waals surface area contributed by atoms with Crippen molar-refractivity contribution >= 4 is 21.6 Å². The number of aryl methyl sites for hydroxylation is 1. The second-order valence-electron chi connectivity index (χ2n) is 5.11. The topological polar surface area (TPSA) is 75.4 Å². The van der Waals surface area contributed by atoms with Gasteiger partial charge in [0.15, 0.2) is 5.03 Å². The van der Waals surface area contributed by atoms with Crippen LogP contribution in [-0.2, 0) is 17.1 Å². The molecule has 20 heavy (non-hydrogen) atoms. The normalized spacial score (nSPS) is 22.9. The van der Waals surface area contributed by atoms with Crippen molar-refractivity contribution in [2.24, 2.45) is 7.05 Å². The van der Waals surface area contributed by atoms with Gasteiger partial charge in [-0.1, -0.05) is 13.3 Å². The van der Waals surface area contributed by atoms with E-state index in [4.69, 9.17) is 11.6 Å². The van der Waals surface area contributed by atoms with Gasteiger partial charge < -0.3 is 9.67 Å². The Morgan fingerprint density at radius 2 is 2.25 bits per heavy atom. The average Bonchev–Trinajstić information content (AvgIpc) is 2.78. The Kier molecular flexibility index (Phi) is 4.73. The van der Waals surface area contributed by atoms with Crippen molar-refractivity contribution in [1.29, 1.82) is 0 Å². The predicted octanol–water partition coefficient (Wildman–Crippen LogP) is 1.39. The highest BCUT2D eigenvalue weighted by atomic mass is 35.5. The molecule has 0 spiro atoms. The summed E-state index contributed by atoms with van der Waals surface area (Å²) in [6.45, 7) is 2.26. The van der Waals surface area contributed by atoms with Crippen LogP contribution < -0.4 is 0 Å². The summed E-state index contributed by atoms with van der Waals surface area (Å²) < 4.78 is 28.2. The maximum absolute atomic E-state index is 12.7. The Labute approximate surface area is 124 Å². The largest absolute Gasteiger partial charge is 0.391 e. The number of aliphatic hydroxyl groups excluding tert-OH is 1. The summed E-state index contributed by atoms with van der Waals surface area (Å²) in [6, 6.07) is -0.375. The van der Waals surface area contributed by atoms with Crippen LogP contribution in [0.15, 0.2) is 11.2 Å². The van der Waals surface area contributed by atoms with Gasteiger partial charge >= 0.3 is 0 Å². The van der Waals surface area contributed by atoms with E-state index in [0.717, 1.165) is 12.8 Å². The molecule has 1 aliphatic rings. The van der Waals surface area contributed by atoms with E-state index in [1.165, 1.54) is 15.1 Å². The van der Waals surface area contributed by atoms with Gasteiger partial charge in [0.05, 0.1) is 12.1 Å². The molecular formula is C12H20ClN3O3S. The fourth-order valence-electron chi connectivity index (χ4n) is 2.55. The fourth-order valence-corrected chi connectivity index (χ4v) is 4.44. The van der Waals surface area contributed by atoms with Crippen LogP contribution in [0, 0.1) is 0 Å². The summed E-state index contributed by atoms with van der Waals surface area (Å²) in [5.41, 5.74) is 0. The number of halogens is 1. The lowest BCUT2D eigenvalue weighted by molar-refractivity contribution is 0.0666. The monoisotopic (exact) mass is 321 g/mol. The van der Waals surface area contributed by atoms with Crippen molar-refractivity contribution in [2.45, 2.75) is 49.8 Å². The minimum Gasteiger partial charge on any atom is -0.391 e. The van der Waals surface area contributed by atoms with Crippen LogP contribution in [0.2, 0.25) is 5.28 Å². The van der Waals surface area contributed by atoms with Crippen molar-refractivity contribution in [3.8, 4) is 0 Å². The SMILES string of the molecule is CCC(O)C1CCCCN1S(=O)(=O)c1cn(C)c(Cl)n1. The minimum atomic E-state index is -3.71. The number of rotatable bonds is 4. The van der Waals surface area contributed by atoms with Crippen molar-refractivity contribution in [3.63, 3.8) is 0 Å². The highest BCUT2D eigenvalue weighted by Crippen LogP contribution is 2.28. The molecule has 8 heteroatoms. The standard InChI is InChI=1S/C12H20ClN3O3S/c1-3-10(17)9-6-4-5-7-16(9)20(18,19)11-8-15(2)12(13)14-11/h8-10,17H,3-7H2,1-2H3. The van der Waals surface area contributed by atoms with Crippen LogP contribution in [0.1, 0.15) is 32.6 Å². The molecular weight excluding hydrogens is 302 g/mol. The molecule has 1 aliphatic heterocycles. The molecule has 114 valence electrons. The third-order valence-electron chi connectivity index (χ3n) is 3.73. The van der Waals surface area contributed by atoms with E-state index in [2.05, 4.69) is 4.98 Å². The van der Waals surface area contributed by atoms with E-state index < -0.39 is 16.1 Å². The van der Waals surface area contributed by atoms with Crippen LogP contribution in [0.3, 0.4) is 0 Å². The lowest BCUT2D eigenvalue weighted by atomic mass is 9.98. The summed E-state index contributed by atoms with van der Waals surface area (Å²) in [5.74, 6) is 0. The third kappa shape index (κ3) is 2.86. The van der Waals surface area contributed by atoms with Crippen molar-refractivity contribution in [2.75, 3.05) is 6.54 Å². The first-order valence-electron chi connectivity index (χ1n) is 6.76. The summed E-state index contributed by atoms with van der Waals surface area (Å²) in [4.78, 5) is 3.89. The number of hydrogen-bond donors (Lipinski definition) is 1. The predicted molar refractivity (Wildman–Crippen MR) is 76.0 cm³/mol. The van der Waals surface area contributed by atoms with Gasteiger partial charge in [0, 0.05) is 19.8 Å². The van der Waals surface area contributed by atoms with E-state index in [-0.39, 0.29) is 16.4 Å². The Morgan fingerprint density at radius 3 is 2.80 bits per heavy atom. The zero-order chi connectivity index (χ0) is 14.9. The number of aliphatic hydroxyl groups is 1. The summed E-state index contributed by atoms with van der Waals surface area (Å²) in [7, 11) is -2.07. The number of nitrogens with zero attached hydrogens (tertiary/aromatic N) is 3. The Hall–Kier alpha value is -0.630. The van der Waals surface area contributed by atoms with Gasteiger partial charge in [-0.3, -0.25) is 0 Å². The third-order valence-corrected chi connectivity index (χ3v) is 5.88. The fraction of sp³-hybridized carbons (Fsp3) is 0.750. The molecule has 0 bridgehead atoms. The number of sulfonamides is 1. The Morgan fingerprint density at radius 1 is 1.55 bits per heavy atom. The van der Waals surface area contributed by atoms with Crippen molar-refractivity contribution in [3.05, 3.63) is 11.5 Å². The Bertz CT molecular complexity index is 553. The molecule has 6 nitrogen and oxygen atoms in total. The van der Waals surface area contributed by atoms with Gasteiger partial charge in [-0.25, -0.2) is 13.4 Å². The molecule has 0 radical (unpaired) electrons. The maximum Gasteiger partial charge on any atom is 0.262 e. The molecule has 0 saturated carbocycles.